The first kappa shape index (κ1) is 27.4. The van der Waals surface area contributed by atoms with Crippen LogP contribution in [0.2, 0.25) is 0 Å². The van der Waals surface area contributed by atoms with Gasteiger partial charge in [-0.3, -0.25) is 15.1 Å². The highest BCUT2D eigenvalue weighted by Crippen LogP contribution is 2.23. The molecule has 4 heterocycles. The summed E-state index contributed by atoms with van der Waals surface area (Å²) >= 11 is 0. The van der Waals surface area contributed by atoms with Gasteiger partial charge in [-0.05, 0) is 59.5 Å². The predicted molar refractivity (Wildman–Crippen MR) is 142 cm³/mol. The molecule has 0 aromatic carbocycles. The number of likely N-dealkylation sites (N-methyl/N-ethyl adjacent to an activating group) is 1. The van der Waals surface area contributed by atoms with Gasteiger partial charge in [0.25, 0.3) is 5.95 Å². The molecule has 3 aromatic rings. The maximum Gasteiger partial charge on any atom is 0.322 e. The zero-order chi connectivity index (χ0) is 27.7. The number of anilines is 1. The summed E-state index contributed by atoms with van der Waals surface area (Å²) in [6.45, 7) is 6.47. The predicted octanol–water partition coefficient (Wildman–Crippen LogP) is 1.15. The van der Waals surface area contributed by atoms with Crippen LogP contribution in [0.3, 0.4) is 0 Å². The van der Waals surface area contributed by atoms with Gasteiger partial charge in [-0.1, -0.05) is 0 Å². The van der Waals surface area contributed by atoms with Crippen LogP contribution in [0.15, 0.2) is 41.7 Å². The van der Waals surface area contributed by atoms with Crippen molar-refractivity contribution in [1.82, 2.24) is 39.4 Å². The van der Waals surface area contributed by atoms with Crippen LogP contribution < -0.4 is 15.4 Å². The van der Waals surface area contributed by atoms with Gasteiger partial charge in [0, 0.05) is 54.4 Å². The second-order valence-electron chi connectivity index (χ2n) is 10.5. The van der Waals surface area contributed by atoms with Gasteiger partial charge in [-0.2, -0.15) is 4.98 Å². The summed E-state index contributed by atoms with van der Waals surface area (Å²) in [5, 5.41) is 9.37. The molecule has 3 amide bonds. The van der Waals surface area contributed by atoms with E-state index in [1.807, 2.05) is 14.1 Å². The summed E-state index contributed by atoms with van der Waals surface area (Å²) in [5.41, 5.74) is 1.06. The number of likely N-dealkylation sites (tertiary alicyclic amines) is 1. The Morgan fingerprint density at radius 2 is 1.92 bits per heavy atom. The van der Waals surface area contributed by atoms with E-state index in [-0.39, 0.29) is 23.3 Å². The van der Waals surface area contributed by atoms with Crippen LogP contribution in [0.1, 0.15) is 27.2 Å². The van der Waals surface area contributed by atoms with Gasteiger partial charge in [0.1, 0.15) is 4.90 Å². The topological polar surface area (TPSA) is 154 Å². The second-order valence-corrected chi connectivity index (χ2v) is 12.2. The lowest BCUT2D eigenvalue weighted by Crippen LogP contribution is -2.42. The molecule has 13 nitrogen and oxygen atoms in total. The lowest BCUT2D eigenvalue weighted by Gasteiger charge is -2.20. The Morgan fingerprint density at radius 3 is 2.61 bits per heavy atom. The summed E-state index contributed by atoms with van der Waals surface area (Å²) in [7, 11) is 0.216. The summed E-state index contributed by atoms with van der Waals surface area (Å²) in [6.07, 6.45) is 5.41. The number of hydrogen-bond acceptors (Lipinski definition) is 8. The van der Waals surface area contributed by atoms with Gasteiger partial charge in [-0.25, -0.2) is 22.4 Å². The van der Waals surface area contributed by atoms with E-state index in [2.05, 4.69) is 35.3 Å². The Balaban J connectivity index is 1.41. The van der Waals surface area contributed by atoms with Crippen molar-refractivity contribution >= 4 is 33.6 Å². The third kappa shape index (κ3) is 6.62. The van der Waals surface area contributed by atoms with Gasteiger partial charge in [-0.15, -0.1) is 5.10 Å². The quantitative estimate of drug-likeness (QED) is 0.401. The van der Waals surface area contributed by atoms with Crippen molar-refractivity contribution in [3.8, 4) is 11.1 Å². The molecule has 0 spiro atoms. The molecule has 0 radical (unpaired) electrons. The molecular formula is C24H33N9O4S. The molecule has 4 rings (SSSR count). The number of carbonyl (C=O) groups is 2. The number of aromatic nitrogens is 4. The van der Waals surface area contributed by atoms with Crippen LogP contribution in [0.25, 0.3) is 16.8 Å². The molecular weight excluding hydrogens is 510 g/mol. The average Bonchev–Trinajstić information content (AvgIpc) is 3.48. The molecule has 1 saturated heterocycles. The zero-order valence-electron chi connectivity index (χ0n) is 22.1. The van der Waals surface area contributed by atoms with Gasteiger partial charge in [0.2, 0.25) is 15.9 Å². The molecule has 3 N–H and O–H groups in total. The van der Waals surface area contributed by atoms with E-state index in [4.69, 9.17) is 0 Å². The Morgan fingerprint density at radius 1 is 1.16 bits per heavy atom. The molecule has 0 aliphatic carbocycles. The molecule has 3 aromatic heterocycles. The number of rotatable bonds is 7. The Hall–Kier alpha value is -3.62. The lowest BCUT2D eigenvalue weighted by molar-refractivity contribution is -0.129. The van der Waals surface area contributed by atoms with Crippen molar-refractivity contribution in [1.29, 1.82) is 0 Å². The number of fused-ring (bicyclic) bond motifs is 1. The van der Waals surface area contributed by atoms with E-state index in [1.54, 1.807) is 50.2 Å². The van der Waals surface area contributed by atoms with E-state index in [9.17, 15) is 18.0 Å². The first-order valence-electron chi connectivity index (χ1n) is 12.2. The Bertz CT molecular complexity index is 1450. The fourth-order valence-electron chi connectivity index (χ4n) is 4.10. The van der Waals surface area contributed by atoms with Gasteiger partial charge in [0.05, 0.1) is 6.54 Å². The molecule has 1 aliphatic heterocycles. The summed E-state index contributed by atoms with van der Waals surface area (Å²) < 4.78 is 29.5. The standard InChI is InChI=1S/C24H33N9O4S/c1-24(2,3)30-38(36,37)19-10-17(11-25-12-19)16-6-7-20-27-22(29-33(20)14-16)28-23(35)26-13-21(34)32-9-8-18(15-32)31(4)5/h6-7,10-12,14,18,30H,8-9,13,15H2,1-5H3,(H2,26,28,29,35)/t18-/m0/s1. The monoisotopic (exact) mass is 543 g/mol. The van der Waals surface area contributed by atoms with Crippen molar-refractivity contribution in [3.63, 3.8) is 0 Å². The van der Waals surface area contributed by atoms with Crippen molar-refractivity contribution in [2.45, 2.75) is 43.7 Å². The van der Waals surface area contributed by atoms with Crippen molar-refractivity contribution in [2.75, 3.05) is 39.0 Å². The Labute approximate surface area is 221 Å². The van der Waals surface area contributed by atoms with Crippen molar-refractivity contribution < 1.29 is 18.0 Å². The maximum absolute atomic E-state index is 12.7. The lowest BCUT2D eigenvalue weighted by atomic mass is 10.1. The molecule has 1 fully saturated rings. The van der Waals surface area contributed by atoms with Gasteiger partial charge >= 0.3 is 6.03 Å². The first-order chi connectivity index (χ1) is 17.8. The van der Waals surface area contributed by atoms with E-state index >= 15 is 0 Å². The largest absolute Gasteiger partial charge is 0.340 e. The van der Waals surface area contributed by atoms with Crippen LogP contribution in [-0.4, -0.2) is 95.0 Å². The van der Waals surface area contributed by atoms with E-state index < -0.39 is 21.6 Å². The fourth-order valence-corrected chi connectivity index (χ4v) is 5.50. The maximum atomic E-state index is 12.7. The van der Waals surface area contributed by atoms with Crippen molar-refractivity contribution in [3.05, 3.63) is 36.8 Å². The van der Waals surface area contributed by atoms with E-state index in [0.717, 1.165) is 6.42 Å². The number of sulfonamides is 1. The molecule has 0 saturated carbocycles. The van der Waals surface area contributed by atoms with E-state index in [0.29, 0.717) is 35.9 Å². The highest BCUT2D eigenvalue weighted by atomic mass is 32.2. The smallest absolute Gasteiger partial charge is 0.322 e. The minimum absolute atomic E-state index is 0.0448. The molecule has 38 heavy (non-hydrogen) atoms. The SMILES string of the molecule is CN(C)[C@H]1CCN(C(=O)CNC(=O)Nc2nc3ccc(-c4cncc(S(=O)(=O)NC(C)(C)C)c4)cn3n2)C1. The van der Waals surface area contributed by atoms with Gasteiger partial charge in [0.15, 0.2) is 5.65 Å². The third-order valence-electron chi connectivity index (χ3n) is 6.00. The third-order valence-corrected chi connectivity index (χ3v) is 7.73. The number of nitrogens with one attached hydrogen (secondary N) is 3. The number of carbonyl (C=O) groups excluding carboxylic acids is 2. The van der Waals surface area contributed by atoms with E-state index in [1.165, 1.54) is 16.8 Å². The highest BCUT2D eigenvalue weighted by Gasteiger charge is 2.27. The van der Waals surface area contributed by atoms with Crippen LogP contribution in [0.4, 0.5) is 10.7 Å². The van der Waals surface area contributed by atoms with Gasteiger partial charge < -0.3 is 15.1 Å². The Kier molecular flexibility index (Phi) is 7.67. The highest BCUT2D eigenvalue weighted by molar-refractivity contribution is 7.89. The molecule has 1 aliphatic rings. The molecule has 14 heteroatoms. The number of pyridine rings is 2. The number of nitrogens with zero attached hydrogens (tertiary/aromatic N) is 6. The average molecular weight is 544 g/mol. The second kappa shape index (κ2) is 10.6. The number of urea groups is 1. The first-order valence-corrected chi connectivity index (χ1v) is 13.6. The van der Waals surface area contributed by atoms with Crippen LogP contribution >= 0.6 is 0 Å². The summed E-state index contributed by atoms with van der Waals surface area (Å²) in [4.78, 5) is 37.0. The fraction of sp³-hybridized carbons (Fsp3) is 0.458. The van der Waals surface area contributed by atoms with Crippen LogP contribution in [0, 0.1) is 0 Å². The van der Waals surface area contributed by atoms with Crippen molar-refractivity contribution in [2.24, 2.45) is 0 Å². The van der Waals surface area contributed by atoms with Crippen LogP contribution in [-0.2, 0) is 14.8 Å². The molecule has 204 valence electrons. The number of hydrogen-bond donors (Lipinski definition) is 3. The molecule has 0 unspecified atom stereocenters. The minimum Gasteiger partial charge on any atom is -0.340 e. The summed E-state index contributed by atoms with van der Waals surface area (Å²) in [5.74, 6) is -0.0857. The zero-order valence-corrected chi connectivity index (χ0v) is 22.9. The molecule has 1 atom stereocenters. The normalized spacial score (nSPS) is 16.3. The van der Waals surface area contributed by atoms with Crippen LogP contribution in [0.5, 0.6) is 0 Å². The molecule has 0 bridgehead atoms. The summed E-state index contributed by atoms with van der Waals surface area (Å²) in [6, 6.07) is 4.71. The number of amides is 3. The minimum atomic E-state index is -3.76.